The number of nitrogens with one attached hydrogen (secondary N) is 4. The number of carboxylic acid groups (broad SMARTS) is 1. The zero-order valence-electron chi connectivity index (χ0n) is 17.7. The highest BCUT2D eigenvalue weighted by molar-refractivity contribution is 5.95. The predicted octanol–water partition coefficient (Wildman–Crippen LogP) is 0.758. The van der Waals surface area contributed by atoms with E-state index in [1.54, 1.807) is 24.3 Å². The molecule has 9 nitrogen and oxygen atoms in total. The molecule has 33 heavy (non-hydrogen) atoms. The number of carbonyl (C=O) groups excluding carboxylic acids is 2. The maximum atomic E-state index is 13.2. The van der Waals surface area contributed by atoms with Gasteiger partial charge in [0, 0.05) is 24.9 Å². The van der Waals surface area contributed by atoms with Gasteiger partial charge in [0.05, 0.1) is 13.1 Å². The lowest BCUT2D eigenvalue weighted by atomic mass is 9.94. The van der Waals surface area contributed by atoms with Crippen molar-refractivity contribution in [2.24, 2.45) is 5.73 Å². The zero-order chi connectivity index (χ0) is 22.4. The fourth-order valence-electron chi connectivity index (χ4n) is 3.67. The summed E-state index contributed by atoms with van der Waals surface area (Å²) < 4.78 is 0. The second-order valence-corrected chi connectivity index (χ2v) is 7.54. The van der Waals surface area contributed by atoms with Gasteiger partial charge in [-0.1, -0.05) is 48.5 Å². The van der Waals surface area contributed by atoms with E-state index in [1.807, 2.05) is 24.3 Å². The molecule has 0 aromatic heterocycles. The third-order valence-electron chi connectivity index (χ3n) is 5.20. The molecule has 0 radical (unpaired) electrons. The van der Waals surface area contributed by atoms with Gasteiger partial charge in [0.1, 0.15) is 11.4 Å². The molecule has 1 aliphatic carbocycles. The smallest absolute Gasteiger partial charge is 0.317 e. The predicted molar refractivity (Wildman–Crippen MR) is 129 cm³/mol. The van der Waals surface area contributed by atoms with Gasteiger partial charge in [-0.3, -0.25) is 25.1 Å². The third kappa shape index (κ3) is 7.18. The van der Waals surface area contributed by atoms with Gasteiger partial charge in [-0.05, 0) is 16.7 Å². The van der Waals surface area contributed by atoms with E-state index in [0.29, 0.717) is 18.4 Å². The van der Waals surface area contributed by atoms with Crippen molar-refractivity contribution in [3.05, 3.63) is 70.8 Å². The minimum absolute atomic E-state index is 0. The normalized spacial score (nSPS) is 13.0. The summed E-state index contributed by atoms with van der Waals surface area (Å²) >= 11 is 0. The molecule has 0 unspecified atom stereocenters. The first-order chi connectivity index (χ1) is 14.8. The van der Waals surface area contributed by atoms with Gasteiger partial charge < -0.3 is 21.5 Å². The van der Waals surface area contributed by atoms with E-state index < -0.39 is 17.4 Å². The molecule has 0 atom stereocenters. The third-order valence-corrected chi connectivity index (χ3v) is 5.20. The average Bonchev–Trinajstić information content (AvgIpc) is 3.11. The number of aliphatic carboxylic acids is 1. The molecule has 3 rings (SSSR count). The van der Waals surface area contributed by atoms with Crippen molar-refractivity contribution in [1.82, 2.24) is 16.0 Å². The van der Waals surface area contributed by atoms with Crippen LogP contribution in [0, 0.1) is 5.41 Å². The van der Waals surface area contributed by atoms with E-state index in [0.717, 1.165) is 16.7 Å². The second-order valence-electron chi connectivity index (χ2n) is 7.54. The summed E-state index contributed by atoms with van der Waals surface area (Å²) in [6.07, 6.45) is 0.700. The number of amidine groups is 1. The van der Waals surface area contributed by atoms with Gasteiger partial charge in [-0.15, -0.1) is 24.8 Å². The molecule has 0 heterocycles. The van der Waals surface area contributed by atoms with E-state index in [4.69, 9.17) is 16.2 Å². The van der Waals surface area contributed by atoms with Gasteiger partial charge in [0.25, 0.3) is 0 Å². The Balaban J connectivity index is 0.00000272. The van der Waals surface area contributed by atoms with E-state index in [9.17, 15) is 14.4 Å². The number of fused-ring (bicyclic) bond motifs is 1. The number of hydrogen-bond acceptors (Lipinski definition) is 5. The van der Waals surface area contributed by atoms with E-state index in [1.165, 1.54) is 0 Å². The van der Waals surface area contributed by atoms with Gasteiger partial charge >= 0.3 is 5.97 Å². The molecule has 0 aliphatic heterocycles. The standard InChI is InChI=1S/C22H25N5O4.2ClH/c23-20(24)15-7-5-14(6-8-15)11-26-21(31)22(27-18(28)12-25-13-19(29)30)9-16-3-1-2-4-17(16)10-22;;/h1-8,25H,9-13H2,(H3,23,24)(H,26,31)(H,27,28)(H,29,30);2*1H. The lowest BCUT2D eigenvalue weighted by Gasteiger charge is -2.29. The highest BCUT2D eigenvalue weighted by Gasteiger charge is 2.44. The number of halogens is 2. The summed E-state index contributed by atoms with van der Waals surface area (Å²) in [7, 11) is 0. The number of benzene rings is 2. The Kier molecular flexibility index (Phi) is 10.3. The largest absolute Gasteiger partial charge is 0.480 e. The van der Waals surface area contributed by atoms with Crippen molar-refractivity contribution in [1.29, 1.82) is 5.41 Å². The minimum Gasteiger partial charge on any atom is -0.480 e. The molecule has 0 saturated heterocycles. The van der Waals surface area contributed by atoms with Crippen LogP contribution in [0.25, 0.3) is 0 Å². The lowest BCUT2D eigenvalue weighted by Crippen LogP contribution is -2.60. The number of rotatable bonds is 9. The Hall–Kier alpha value is -3.14. The van der Waals surface area contributed by atoms with E-state index >= 15 is 0 Å². The Morgan fingerprint density at radius 1 is 0.970 bits per heavy atom. The van der Waals surface area contributed by atoms with Crippen molar-refractivity contribution >= 4 is 48.4 Å². The molecule has 0 spiro atoms. The van der Waals surface area contributed by atoms with Crippen LogP contribution < -0.4 is 21.7 Å². The van der Waals surface area contributed by atoms with Crippen molar-refractivity contribution in [2.75, 3.05) is 13.1 Å². The number of carboxylic acids is 1. The van der Waals surface area contributed by atoms with Crippen LogP contribution in [0.2, 0.25) is 0 Å². The second kappa shape index (κ2) is 12.2. The number of amides is 2. The molecule has 2 aromatic carbocycles. The Labute approximate surface area is 203 Å². The highest BCUT2D eigenvalue weighted by Crippen LogP contribution is 2.30. The first kappa shape index (κ1) is 27.9. The van der Waals surface area contributed by atoms with Gasteiger partial charge in [-0.25, -0.2) is 0 Å². The summed E-state index contributed by atoms with van der Waals surface area (Å²) in [6, 6.07) is 14.6. The molecule has 0 saturated carbocycles. The Morgan fingerprint density at radius 3 is 2.06 bits per heavy atom. The molecular weight excluding hydrogens is 469 g/mol. The van der Waals surface area contributed by atoms with Crippen LogP contribution in [0.1, 0.15) is 22.3 Å². The van der Waals surface area contributed by atoms with E-state index in [2.05, 4.69) is 16.0 Å². The van der Waals surface area contributed by atoms with Crippen LogP contribution in [-0.2, 0) is 33.8 Å². The Bertz CT molecular complexity index is 989. The molecule has 0 bridgehead atoms. The minimum atomic E-state index is -1.15. The Morgan fingerprint density at radius 2 is 1.55 bits per heavy atom. The number of carbonyl (C=O) groups is 3. The van der Waals surface area contributed by atoms with Crippen LogP contribution >= 0.6 is 24.8 Å². The van der Waals surface area contributed by atoms with Crippen LogP contribution in [0.5, 0.6) is 0 Å². The highest BCUT2D eigenvalue weighted by atomic mass is 35.5. The van der Waals surface area contributed by atoms with Crippen LogP contribution in [0.15, 0.2) is 48.5 Å². The molecule has 11 heteroatoms. The fourth-order valence-corrected chi connectivity index (χ4v) is 3.67. The maximum Gasteiger partial charge on any atom is 0.317 e. The number of nitrogen functional groups attached to an aromatic ring is 1. The van der Waals surface area contributed by atoms with Gasteiger partial charge in [-0.2, -0.15) is 0 Å². The molecule has 2 aromatic rings. The van der Waals surface area contributed by atoms with Crippen LogP contribution in [0.3, 0.4) is 0 Å². The quantitative estimate of drug-likeness (QED) is 0.222. The van der Waals surface area contributed by atoms with Crippen molar-refractivity contribution in [2.45, 2.75) is 24.9 Å². The molecule has 1 aliphatic rings. The van der Waals surface area contributed by atoms with Crippen LogP contribution in [-0.4, -0.2) is 47.4 Å². The molecule has 178 valence electrons. The molecule has 7 N–H and O–H groups in total. The first-order valence-corrected chi connectivity index (χ1v) is 9.81. The zero-order valence-corrected chi connectivity index (χ0v) is 19.4. The van der Waals surface area contributed by atoms with Gasteiger partial charge in [0.2, 0.25) is 11.8 Å². The summed E-state index contributed by atoms with van der Waals surface area (Å²) in [4.78, 5) is 36.3. The first-order valence-electron chi connectivity index (χ1n) is 9.81. The number of hydrogen-bond donors (Lipinski definition) is 6. The van der Waals surface area contributed by atoms with Crippen molar-refractivity contribution in [3.63, 3.8) is 0 Å². The summed E-state index contributed by atoms with van der Waals surface area (Å²) in [5.74, 6) is -1.86. The molecular formula is C22H27Cl2N5O4. The molecule has 2 amide bonds. The van der Waals surface area contributed by atoms with Crippen molar-refractivity contribution < 1.29 is 19.5 Å². The molecule has 0 fully saturated rings. The van der Waals surface area contributed by atoms with Crippen molar-refractivity contribution in [3.8, 4) is 0 Å². The topological polar surface area (TPSA) is 157 Å². The summed E-state index contributed by atoms with van der Waals surface area (Å²) in [5.41, 5.74) is 7.72. The average molecular weight is 496 g/mol. The van der Waals surface area contributed by atoms with E-state index in [-0.39, 0.29) is 56.2 Å². The van der Waals surface area contributed by atoms with Crippen LogP contribution in [0.4, 0.5) is 0 Å². The lowest BCUT2D eigenvalue weighted by molar-refractivity contribution is -0.136. The van der Waals surface area contributed by atoms with Gasteiger partial charge in [0.15, 0.2) is 0 Å². The summed E-state index contributed by atoms with van der Waals surface area (Å²) in [5, 5.41) is 24.4. The number of nitrogens with two attached hydrogens (primary N) is 1. The SMILES string of the molecule is Cl.Cl.N=C(N)c1ccc(CNC(=O)C2(NC(=O)CNCC(=O)O)Cc3ccccc3C2)cc1. The summed E-state index contributed by atoms with van der Waals surface area (Å²) in [6.45, 7) is -0.296. The monoisotopic (exact) mass is 495 g/mol. The maximum absolute atomic E-state index is 13.2. The fraction of sp³-hybridized carbons (Fsp3) is 0.273.